The summed E-state index contributed by atoms with van der Waals surface area (Å²) in [4.78, 5) is 17.0. The molecule has 0 spiro atoms. The maximum atomic E-state index is 13.9. The van der Waals surface area contributed by atoms with Gasteiger partial charge in [-0.3, -0.25) is 4.79 Å². The molecular formula is C19H20FN3O. The Morgan fingerprint density at radius 2 is 1.79 bits per heavy atom. The Kier molecular flexibility index (Phi) is 3.92. The summed E-state index contributed by atoms with van der Waals surface area (Å²) in [5.41, 5.74) is 0.762. The van der Waals surface area contributed by atoms with Gasteiger partial charge in [0.1, 0.15) is 11.6 Å². The number of pyridine rings is 1. The van der Waals surface area contributed by atoms with Crippen molar-refractivity contribution >= 4 is 17.4 Å². The van der Waals surface area contributed by atoms with Crippen molar-refractivity contribution in [1.29, 1.82) is 0 Å². The monoisotopic (exact) mass is 325 g/mol. The van der Waals surface area contributed by atoms with Gasteiger partial charge < -0.3 is 10.6 Å². The largest absolute Gasteiger partial charge is 0.349 e. The number of rotatable bonds is 6. The number of para-hydroxylation sites is 1. The second-order valence-corrected chi connectivity index (χ2v) is 6.68. The van der Waals surface area contributed by atoms with Gasteiger partial charge in [0.2, 0.25) is 0 Å². The Balaban J connectivity index is 1.54. The van der Waals surface area contributed by atoms with Crippen LogP contribution in [0.1, 0.15) is 36.0 Å². The molecule has 0 saturated heterocycles. The second-order valence-electron chi connectivity index (χ2n) is 6.68. The molecular weight excluding hydrogens is 305 g/mol. The minimum absolute atomic E-state index is 0.134. The predicted molar refractivity (Wildman–Crippen MR) is 90.6 cm³/mol. The van der Waals surface area contributed by atoms with Crippen LogP contribution in [0.3, 0.4) is 0 Å². The van der Waals surface area contributed by atoms with Gasteiger partial charge in [-0.05, 0) is 61.8 Å². The number of amides is 1. The molecule has 0 radical (unpaired) electrons. The third-order valence-corrected chi connectivity index (χ3v) is 4.74. The highest BCUT2D eigenvalue weighted by molar-refractivity contribution is 5.99. The second kappa shape index (κ2) is 6.23. The van der Waals surface area contributed by atoms with Crippen LogP contribution in [0.4, 0.5) is 15.9 Å². The minimum Gasteiger partial charge on any atom is -0.349 e. The lowest BCUT2D eigenvalue weighted by atomic mass is 10.1. The van der Waals surface area contributed by atoms with E-state index < -0.39 is 0 Å². The van der Waals surface area contributed by atoms with Crippen LogP contribution in [0.15, 0.2) is 42.6 Å². The molecule has 24 heavy (non-hydrogen) atoms. The zero-order valence-electron chi connectivity index (χ0n) is 13.3. The van der Waals surface area contributed by atoms with Crippen molar-refractivity contribution in [3.05, 3.63) is 54.0 Å². The number of nitrogens with one attached hydrogen (secondary N) is 2. The molecule has 0 aliphatic heterocycles. The van der Waals surface area contributed by atoms with Crippen molar-refractivity contribution in [3.63, 3.8) is 0 Å². The first-order chi connectivity index (χ1) is 11.7. The van der Waals surface area contributed by atoms with Crippen molar-refractivity contribution in [2.75, 3.05) is 5.32 Å². The molecule has 2 aliphatic rings. The Morgan fingerprint density at radius 1 is 1.08 bits per heavy atom. The first kappa shape index (κ1) is 15.1. The van der Waals surface area contributed by atoms with E-state index in [1.54, 1.807) is 36.5 Å². The molecule has 2 fully saturated rings. The molecule has 1 aromatic heterocycles. The van der Waals surface area contributed by atoms with Crippen molar-refractivity contribution in [2.24, 2.45) is 11.8 Å². The fourth-order valence-electron chi connectivity index (χ4n) is 3.14. The van der Waals surface area contributed by atoms with Crippen molar-refractivity contribution in [1.82, 2.24) is 10.3 Å². The lowest BCUT2D eigenvalue weighted by Crippen LogP contribution is -2.38. The van der Waals surface area contributed by atoms with Crippen LogP contribution in [-0.4, -0.2) is 16.9 Å². The van der Waals surface area contributed by atoms with E-state index in [0.717, 1.165) is 0 Å². The summed E-state index contributed by atoms with van der Waals surface area (Å²) in [5, 5.41) is 6.12. The van der Waals surface area contributed by atoms with Gasteiger partial charge in [0.15, 0.2) is 0 Å². The molecule has 0 unspecified atom stereocenters. The molecule has 4 nitrogen and oxygen atoms in total. The molecule has 0 atom stereocenters. The molecule has 1 amide bonds. The number of anilines is 2. The quantitative estimate of drug-likeness (QED) is 0.847. The number of carbonyl (C=O) groups excluding carboxylic acids is 1. The maximum Gasteiger partial charge on any atom is 0.255 e. The van der Waals surface area contributed by atoms with Crippen LogP contribution in [0.25, 0.3) is 0 Å². The van der Waals surface area contributed by atoms with Gasteiger partial charge in [-0.15, -0.1) is 0 Å². The number of hydrogen-bond donors (Lipinski definition) is 2. The van der Waals surface area contributed by atoms with E-state index in [2.05, 4.69) is 15.6 Å². The van der Waals surface area contributed by atoms with Crippen LogP contribution < -0.4 is 10.6 Å². The SMILES string of the molecule is O=C(NC(C1CC1)C1CC1)c1cccnc1Nc1ccccc1F. The number of carbonyl (C=O) groups is 1. The van der Waals surface area contributed by atoms with Crippen molar-refractivity contribution in [3.8, 4) is 0 Å². The van der Waals surface area contributed by atoms with Gasteiger partial charge in [0, 0.05) is 12.2 Å². The van der Waals surface area contributed by atoms with E-state index in [1.807, 2.05) is 0 Å². The Labute approximate surface area is 140 Å². The summed E-state index contributed by atoms with van der Waals surface area (Å²) < 4.78 is 13.9. The van der Waals surface area contributed by atoms with Gasteiger partial charge in [-0.2, -0.15) is 0 Å². The van der Waals surface area contributed by atoms with E-state index >= 15 is 0 Å². The molecule has 4 rings (SSSR count). The van der Waals surface area contributed by atoms with Gasteiger partial charge >= 0.3 is 0 Å². The summed E-state index contributed by atoms with van der Waals surface area (Å²) in [7, 11) is 0. The van der Waals surface area contributed by atoms with Crippen LogP contribution in [-0.2, 0) is 0 Å². The fraction of sp³-hybridized carbons (Fsp3) is 0.368. The van der Waals surface area contributed by atoms with Gasteiger partial charge in [-0.25, -0.2) is 9.37 Å². The molecule has 2 aliphatic carbocycles. The Hall–Kier alpha value is -2.43. The summed E-state index contributed by atoms with van der Waals surface area (Å²) in [5.74, 6) is 1.13. The van der Waals surface area contributed by atoms with E-state index in [4.69, 9.17) is 0 Å². The minimum atomic E-state index is -0.372. The Bertz CT molecular complexity index is 744. The molecule has 2 saturated carbocycles. The number of benzene rings is 1. The highest BCUT2D eigenvalue weighted by Gasteiger charge is 2.42. The van der Waals surface area contributed by atoms with Crippen molar-refractivity contribution < 1.29 is 9.18 Å². The number of halogens is 1. The third-order valence-electron chi connectivity index (χ3n) is 4.74. The smallest absolute Gasteiger partial charge is 0.255 e. The van der Waals surface area contributed by atoms with Crippen LogP contribution >= 0.6 is 0 Å². The zero-order chi connectivity index (χ0) is 16.5. The molecule has 1 heterocycles. The lowest BCUT2D eigenvalue weighted by molar-refractivity contribution is 0.0927. The molecule has 0 bridgehead atoms. The molecule has 1 aromatic carbocycles. The fourth-order valence-corrected chi connectivity index (χ4v) is 3.14. The lowest BCUT2D eigenvalue weighted by Gasteiger charge is -2.19. The summed E-state index contributed by atoms with van der Waals surface area (Å²) in [6.45, 7) is 0. The van der Waals surface area contributed by atoms with Gasteiger partial charge in [0.05, 0.1) is 11.3 Å². The summed E-state index contributed by atoms with van der Waals surface area (Å²) >= 11 is 0. The number of nitrogens with zero attached hydrogens (tertiary/aromatic N) is 1. The van der Waals surface area contributed by atoms with Crippen LogP contribution in [0.2, 0.25) is 0 Å². The molecule has 124 valence electrons. The van der Waals surface area contributed by atoms with E-state index in [9.17, 15) is 9.18 Å². The topological polar surface area (TPSA) is 54.0 Å². The van der Waals surface area contributed by atoms with Gasteiger partial charge in [-0.1, -0.05) is 12.1 Å². The van der Waals surface area contributed by atoms with E-state index in [1.165, 1.54) is 31.7 Å². The first-order valence-corrected chi connectivity index (χ1v) is 8.50. The number of hydrogen-bond acceptors (Lipinski definition) is 3. The Morgan fingerprint density at radius 3 is 2.46 bits per heavy atom. The predicted octanol–water partition coefficient (Wildman–Crippen LogP) is 3.88. The molecule has 2 aromatic rings. The zero-order valence-corrected chi connectivity index (χ0v) is 13.3. The highest BCUT2D eigenvalue weighted by Crippen LogP contribution is 2.44. The number of aromatic nitrogens is 1. The first-order valence-electron chi connectivity index (χ1n) is 8.50. The van der Waals surface area contributed by atoms with E-state index in [0.29, 0.717) is 28.9 Å². The average molecular weight is 325 g/mol. The standard InChI is InChI=1S/C19H20FN3O/c20-15-5-1-2-6-16(15)22-18-14(4-3-11-21-18)19(24)23-17(12-7-8-12)13-9-10-13/h1-6,11-13,17H,7-10H2,(H,21,22)(H,23,24). The van der Waals surface area contributed by atoms with Crippen molar-refractivity contribution in [2.45, 2.75) is 31.7 Å². The third kappa shape index (κ3) is 3.25. The average Bonchev–Trinajstić information content (AvgIpc) is 3.48. The highest BCUT2D eigenvalue weighted by atomic mass is 19.1. The van der Waals surface area contributed by atoms with Gasteiger partial charge in [0.25, 0.3) is 5.91 Å². The molecule has 2 N–H and O–H groups in total. The normalized spacial score (nSPS) is 16.9. The summed E-state index contributed by atoms with van der Waals surface area (Å²) in [6.07, 6.45) is 6.41. The van der Waals surface area contributed by atoms with Crippen LogP contribution in [0.5, 0.6) is 0 Å². The maximum absolute atomic E-state index is 13.9. The molecule has 5 heteroatoms. The summed E-state index contributed by atoms with van der Waals surface area (Å²) in [6, 6.07) is 10.1. The van der Waals surface area contributed by atoms with Crippen LogP contribution in [0, 0.1) is 17.7 Å². The van der Waals surface area contributed by atoms with E-state index in [-0.39, 0.29) is 17.8 Å².